The van der Waals surface area contributed by atoms with Crippen molar-refractivity contribution in [3.8, 4) is 0 Å². The van der Waals surface area contributed by atoms with E-state index in [9.17, 15) is 0 Å². The molecule has 0 bridgehead atoms. The third kappa shape index (κ3) is 2.30. The fourth-order valence-electron chi connectivity index (χ4n) is 3.49. The average molecular weight is 272 g/mol. The largest absolute Gasteiger partial charge is 0.356 e. The second-order valence-corrected chi connectivity index (χ2v) is 6.64. The lowest BCUT2D eigenvalue weighted by atomic mass is 9.95. The second kappa shape index (κ2) is 4.99. The van der Waals surface area contributed by atoms with E-state index in [0.717, 1.165) is 44.6 Å². The number of anilines is 1. The van der Waals surface area contributed by atoms with Crippen molar-refractivity contribution in [2.75, 3.05) is 18.0 Å². The summed E-state index contributed by atoms with van der Waals surface area (Å²) in [5, 5.41) is 0. The molecule has 20 heavy (non-hydrogen) atoms. The molecule has 0 unspecified atom stereocenters. The van der Waals surface area contributed by atoms with Crippen molar-refractivity contribution < 1.29 is 0 Å². The van der Waals surface area contributed by atoms with Gasteiger partial charge in [0.15, 0.2) is 0 Å². The monoisotopic (exact) mass is 272 g/mol. The molecule has 1 aromatic heterocycles. The summed E-state index contributed by atoms with van der Waals surface area (Å²) in [7, 11) is 0. The van der Waals surface area contributed by atoms with Crippen molar-refractivity contribution in [1.29, 1.82) is 0 Å². The van der Waals surface area contributed by atoms with Crippen LogP contribution in [0, 0.1) is 0 Å². The molecule has 3 aliphatic rings. The molecule has 2 N–H and O–H groups in total. The highest BCUT2D eigenvalue weighted by molar-refractivity contribution is 5.51. The van der Waals surface area contributed by atoms with Crippen molar-refractivity contribution in [2.45, 2.75) is 63.3 Å². The van der Waals surface area contributed by atoms with Crippen LogP contribution in [-0.2, 0) is 12.8 Å². The quantitative estimate of drug-likeness (QED) is 0.896. The maximum absolute atomic E-state index is 6.04. The number of piperidine rings is 1. The van der Waals surface area contributed by atoms with Gasteiger partial charge in [0, 0.05) is 36.3 Å². The van der Waals surface area contributed by atoms with E-state index in [1.165, 1.54) is 42.8 Å². The summed E-state index contributed by atoms with van der Waals surface area (Å²) in [5.41, 5.74) is 8.83. The highest BCUT2D eigenvalue weighted by atomic mass is 15.2. The summed E-state index contributed by atoms with van der Waals surface area (Å²) in [6.07, 6.45) is 9.65. The Kier molecular flexibility index (Phi) is 3.14. The Bertz CT molecular complexity index is 501. The zero-order valence-corrected chi connectivity index (χ0v) is 12.1. The molecular weight excluding hydrogens is 248 g/mol. The number of nitrogens with two attached hydrogens (primary N) is 1. The van der Waals surface area contributed by atoms with Crippen molar-refractivity contribution in [3.05, 3.63) is 17.1 Å². The van der Waals surface area contributed by atoms with Gasteiger partial charge in [0.1, 0.15) is 11.6 Å². The number of hydrogen-bond donors (Lipinski definition) is 1. The number of aryl methyl sites for hydroxylation is 1. The highest BCUT2D eigenvalue weighted by Crippen LogP contribution is 2.40. The van der Waals surface area contributed by atoms with Crippen LogP contribution in [0.5, 0.6) is 0 Å². The molecule has 2 aliphatic carbocycles. The van der Waals surface area contributed by atoms with Crippen LogP contribution in [0.3, 0.4) is 0 Å². The molecule has 1 aromatic rings. The molecule has 0 amide bonds. The fourth-order valence-corrected chi connectivity index (χ4v) is 3.49. The van der Waals surface area contributed by atoms with E-state index in [4.69, 9.17) is 15.7 Å². The number of hydrogen-bond acceptors (Lipinski definition) is 4. The van der Waals surface area contributed by atoms with Crippen molar-refractivity contribution in [3.63, 3.8) is 0 Å². The SMILES string of the molecule is NC1CCN(c2nc(C3CC3)nc3c2CCCC3)CC1. The zero-order valence-electron chi connectivity index (χ0n) is 12.1. The van der Waals surface area contributed by atoms with Crippen LogP contribution in [0.25, 0.3) is 0 Å². The lowest BCUT2D eigenvalue weighted by Gasteiger charge is -2.33. The molecule has 4 rings (SSSR count). The van der Waals surface area contributed by atoms with Crippen LogP contribution in [0.2, 0.25) is 0 Å². The zero-order chi connectivity index (χ0) is 13.5. The Hall–Kier alpha value is -1.16. The van der Waals surface area contributed by atoms with Crippen molar-refractivity contribution in [2.24, 2.45) is 5.73 Å². The molecular formula is C16H24N4. The first kappa shape index (κ1) is 12.6. The Morgan fingerprint density at radius 2 is 1.70 bits per heavy atom. The Morgan fingerprint density at radius 1 is 0.950 bits per heavy atom. The van der Waals surface area contributed by atoms with Crippen LogP contribution < -0.4 is 10.6 Å². The first-order valence-corrected chi connectivity index (χ1v) is 8.21. The minimum Gasteiger partial charge on any atom is -0.356 e. The molecule has 2 fully saturated rings. The van der Waals surface area contributed by atoms with Gasteiger partial charge in [-0.3, -0.25) is 0 Å². The molecule has 1 aliphatic heterocycles. The van der Waals surface area contributed by atoms with Crippen LogP contribution in [-0.4, -0.2) is 29.1 Å². The summed E-state index contributed by atoms with van der Waals surface area (Å²) < 4.78 is 0. The van der Waals surface area contributed by atoms with E-state index in [2.05, 4.69) is 4.90 Å². The van der Waals surface area contributed by atoms with Crippen LogP contribution >= 0.6 is 0 Å². The molecule has 0 aromatic carbocycles. The van der Waals surface area contributed by atoms with Crippen molar-refractivity contribution >= 4 is 5.82 Å². The molecule has 108 valence electrons. The number of fused-ring (bicyclic) bond motifs is 1. The van der Waals surface area contributed by atoms with Gasteiger partial charge in [-0.15, -0.1) is 0 Å². The number of nitrogens with zero attached hydrogens (tertiary/aromatic N) is 3. The predicted octanol–water partition coefficient (Wildman–Crippen LogP) is 2.16. The summed E-state index contributed by atoms with van der Waals surface area (Å²) in [6.45, 7) is 2.13. The predicted molar refractivity (Wildman–Crippen MR) is 80.1 cm³/mol. The Balaban J connectivity index is 1.70. The maximum atomic E-state index is 6.04. The standard InChI is InChI=1S/C16H24N4/c17-12-7-9-20(10-8-12)16-13-3-1-2-4-14(13)18-15(19-16)11-5-6-11/h11-12H,1-10,17H2. The van der Waals surface area contributed by atoms with Crippen LogP contribution in [0.15, 0.2) is 0 Å². The summed E-state index contributed by atoms with van der Waals surface area (Å²) in [4.78, 5) is 12.3. The van der Waals surface area contributed by atoms with Gasteiger partial charge in [-0.05, 0) is 51.4 Å². The smallest absolute Gasteiger partial charge is 0.135 e. The molecule has 1 saturated heterocycles. The normalized spacial score (nSPS) is 23.8. The van der Waals surface area contributed by atoms with Crippen molar-refractivity contribution in [1.82, 2.24) is 9.97 Å². The third-order valence-corrected chi connectivity index (χ3v) is 4.96. The Morgan fingerprint density at radius 3 is 2.45 bits per heavy atom. The number of aromatic nitrogens is 2. The first-order chi connectivity index (χ1) is 9.81. The van der Waals surface area contributed by atoms with Gasteiger partial charge in [0.2, 0.25) is 0 Å². The van der Waals surface area contributed by atoms with E-state index in [1.807, 2.05) is 0 Å². The van der Waals surface area contributed by atoms with Gasteiger partial charge in [0.05, 0.1) is 0 Å². The molecule has 0 spiro atoms. The fraction of sp³-hybridized carbons (Fsp3) is 0.750. The number of rotatable bonds is 2. The molecule has 2 heterocycles. The van der Waals surface area contributed by atoms with Gasteiger partial charge in [0.25, 0.3) is 0 Å². The van der Waals surface area contributed by atoms with Gasteiger partial charge in [-0.2, -0.15) is 0 Å². The minimum absolute atomic E-state index is 0.381. The lowest BCUT2D eigenvalue weighted by Crippen LogP contribution is -2.41. The summed E-state index contributed by atoms with van der Waals surface area (Å²) in [5.74, 6) is 3.02. The maximum Gasteiger partial charge on any atom is 0.135 e. The molecule has 4 heteroatoms. The van der Waals surface area contributed by atoms with E-state index in [0.29, 0.717) is 12.0 Å². The van der Waals surface area contributed by atoms with Crippen LogP contribution in [0.4, 0.5) is 5.82 Å². The third-order valence-electron chi connectivity index (χ3n) is 4.96. The van der Waals surface area contributed by atoms with E-state index in [1.54, 1.807) is 0 Å². The topological polar surface area (TPSA) is 55.0 Å². The van der Waals surface area contributed by atoms with E-state index in [-0.39, 0.29) is 0 Å². The highest BCUT2D eigenvalue weighted by Gasteiger charge is 2.31. The molecule has 1 saturated carbocycles. The van der Waals surface area contributed by atoms with Gasteiger partial charge >= 0.3 is 0 Å². The van der Waals surface area contributed by atoms with Gasteiger partial charge < -0.3 is 10.6 Å². The van der Waals surface area contributed by atoms with Gasteiger partial charge in [-0.1, -0.05) is 0 Å². The molecule has 0 radical (unpaired) electrons. The Labute approximate surface area is 120 Å². The summed E-state index contributed by atoms with van der Waals surface area (Å²) in [6, 6.07) is 0.381. The van der Waals surface area contributed by atoms with E-state index < -0.39 is 0 Å². The lowest BCUT2D eigenvalue weighted by molar-refractivity contribution is 0.495. The van der Waals surface area contributed by atoms with E-state index >= 15 is 0 Å². The molecule has 0 atom stereocenters. The summed E-state index contributed by atoms with van der Waals surface area (Å²) >= 11 is 0. The van der Waals surface area contributed by atoms with Gasteiger partial charge in [-0.25, -0.2) is 9.97 Å². The average Bonchev–Trinajstić information content (AvgIpc) is 3.32. The second-order valence-electron chi connectivity index (χ2n) is 6.64. The molecule has 4 nitrogen and oxygen atoms in total. The minimum atomic E-state index is 0.381. The van der Waals surface area contributed by atoms with Crippen LogP contribution in [0.1, 0.15) is 61.5 Å². The first-order valence-electron chi connectivity index (χ1n) is 8.21.